The van der Waals surface area contributed by atoms with E-state index in [0.717, 1.165) is 10.1 Å². The lowest BCUT2D eigenvalue weighted by molar-refractivity contribution is 0.0623. The third kappa shape index (κ3) is 4.68. The normalized spacial score (nSPS) is 14.9. The van der Waals surface area contributed by atoms with Gasteiger partial charge in [0, 0.05) is 13.6 Å². The molecule has 0 bridgehead atoms. The zero-order valence-corrected chi connectivity index (χ0v) is 18.6. The highest BCUT2D eigenvalue weighted by Gasteiger charge is 2.26. The maximum absolute atomic E-state index is 13.1. The quantitative estimate of drug-likeness (QED) is 0.538. The molecular weight excluding hydrogens is 424 g/mol. The molecule has 2 heterocycles. The van der Waals surface area contributed by atoms with Gasteiger partial charge in [-0.3, -0.25) is 23.6 Å². The first-order chi connectivity index (χ1) is 15.8. The van der Waals surface area contributed by atoms with Gasteiger partial charge in [-0.05, 0) is 24.7 Å². The number of likely N-dealkylation sites (N-methyl/N-ethyl adjacent to an activating group) is 1. The van der Waals surface area contributed by atoms with Crippen LogP contribution in [0.25, 0.3) is 0 Å². The molecule has 0 aliphatic carbocycles. The summed E-state index contributed by atoms with van der Waals surface area (Å²) < 4.78 is 13.8. The standard InChI is InChI=1S/C24H26N4O5/c1-26(13-17-15-32-19-10-6-7-11-20(19)33-17)14-18(29)21-22(25)28(24(31)27(2)23(21)30)12-16-8-4-3-5-9-16/h3-11,17H,12-15,25H2,1-2H3. The first-order valence-corrected chi connectivity index (χ1v) is 10.6. The van der Waals surface area contributed by atoms with Crippen LogP contribution in [0.3, 0.4) is 0 Å². The molecule has 0 amide bonds. The summed E-state index contributed by atoms with van der Waals surface area (Å²) >= 11 is 0. The number of nitrogen functional groups attached to an aromatic ring is 1. The van der Waals surface area contributed by atoms with Crippen molar-refractivity contribution in [2.45, 2.75) is 12.6 Å². The van der Waals surface area contributed by atoms with Crippen LogP contribution in [0, 0.1) is 0 Å². The van der Waals surface area contributed by atoms with E-state index < -0.39 is 17.0 Å². The van der Waals surface area contributed by atoms with Gasteiger partial charge in [0.15, 0.2) is 17.3 Å². The number of ketones is 1. The molecule has 0 spiro atoms. The van der Waals surface area contributed by atoms with Gasteiger partial charge in [0.2, 0.25) is 0 Å². The molecule has 1 atom stereocenters. The van der Waals surface area contributed by atoms with Crippen LogP contribution < -0.4 is 26.5 Å². The van der Waals surface area contributed by atoms with Crippen LogP contribution in [0.1, 0.15) is 15.9 Å². The van der Waals surface area contributed by atoms with E-state index in [2.05, 4.69) is 0 Å². The van der Waals surface area contributed by atoms with E-state index in [0.29, 0.717) is 24.7 Å². The zero-order valence-electron chi connectivity index (χ0n) is 18.6. The van der Waals surface area contributed by atoms with Gasteiger partial charge in [-0.25, -0.2) is 4.79 Å². The Morgan fingerprint density at radius 1 is 1.09 bits per heavy atom. The first-order valence-electron chi connectivity index (χ1n) is 10.6. The Labute approximate surface area is 190 Å². The number of Topliss-reactive ketones (excluding diaryl/α,β-unsaturated/α-hetero) is 1. The third-order valence-corrected chi connectivity index (χ3v) is 5.54. The van der Waals surface area contributed by atoms with Gasteiger partial charge in [0.1, 0.15) is 24.1 Å². The van der Waals surface area contributed by atoms with Gasteiger partial charge in [-0.1, -0.05) is 42.5 Å². The molecule has 1 aromatic heterocycles. The Hall–Kier alpha value is -3.85. The second-order valence-corrected chi connectivity index (χ2v) is 8.10. The fourth-order valence-corrected chi connectivity index (χ4v) is 3.85. The molecule has 1 unspecified atom stereocenters. The van der Waals surface area contributed by atoms with E-state index in [-0.39, 0.29) is 30.6 Å². The molecule has 3 aromatic rings. The van der Waals surface area contributed by atoms with Crippen molar-refractivity contribution in [1.29, 1.82) is 0 Å². The highest BCUT2D eigenvalue weighted by molar-refractivity contribution is 6.01. The van der Waals surface area contributed by atoms with E-state index >= 15 is 0 Å². The highest BCUT2D eigenvalue weighted by Crippen LogP contribution is 2.30. The van der Waals surface area contributed by atoms with Crippen molar-refractivity contribution in [2.24, 2.45) is 7.05 Å². The number of nitrogens with two attached hydrogens (primary N) is 1. The second-order valence-electron chi connectivity index (χ2n) is 8.10. The lowest BCUT2D eigenvalue weighted by Crippen LogP contribution is -2.45. The van der Waals surface area contributed by atoms with Crippen molar-refractivity contribution in [1.82, 2.24) is 14.0 Å². The van der Waals surface area contributed by atoms with Crippen molar-refractivity contribution in [3.63, 3.8) is 0 Å². The molecule has 1 aliphatic rings. The smallest absolute Gasteiger partial charge is 0.332 e. The van der Waals surface area contributed by atoms with E-state index in [9.17, 15) is 14.4 Å². The Kier molecular flexibility index (Phi) is 6.32. The van der Waals surface area contributed by atoms with Crippen LogP contribution in [-0.2, 0) is 13.6 Å². The molecule has 9 heteroatoms. The van der Waals surface area contributed by atoms with E-state index in [1.165, 1.54) is 11.6 Å². The molecule has 0 radical (unpaired) electrons. The molecule has 4 rings (SSSR count). The number of hydrogen-bond donors (Lipinski definition) is 1. The third-order valence-electron chi connectivity index (χ3n) is 5.54. The molecule has 0 saturated heterocycles. The lowest BCUT2D eigenvalue weighted by Gasteiger charge is -2.29. The summed E-state index contributed by atoms with van der Waals surface area (Å²) in [7, 11) is 3.10. The number of para-hydroxylation sites is 2. The molecule has 1 aliphatic heterocycles. The number of anilines is 1. The first kappa shape index (κ1) is 22.3. The molecule has 0 saturated carbocycles. The number of ether oxygens (including phenoxy) is 2. The maximum atomic E-state index is 13.1. The second kappa shape index (κ2) is 9.33. The fraction of sp³-hybridized carbons (Fsp3) is 0.292. The number of fused-ring (bicyclic) bond motifs is 1. The topological polar surface area (TPSA) is 109 Å². The molecule has 172 valence electrons. The predicted molar refractivity (Wildman–Crippen MR) is 124 cm³/mol. The number of aromatic nitrogens is 2. The number of rotatable bonds is 7. The zero-order chi connectivity index (χ0) is 23.5. The summed E-state index contributed by atoms with van der Waals surface area (Å²) in [5.74, 6) is 0.745. The van der Waals surface area contributed by atoms with Crippen molar-refractivity contribution < 1.29 is 14.3 Å². The van der Waals surface area contributed by atoms with E-state index in [1.807, 2.05) is 54.6 Å². The largest absolute Gasteiger partial charge is 0.486 e. The van der Waals surface area contributed by atoms with Crippen LogP contribution in [-0.4, -0.2) is 52.7 Å². The van der Waals surface area contributed by atoms with Gasteiger partial charge in [-0.15, -0.1) is 0 Å². The molecular formula is C24H26N4O5. The van der Waals surface area contributed by atoms with Crippen LogP contribution in [0.5, 0.6) is 11.5 Å². The summed E-state index contributed by atoms with van der Waals surface area (Å²) in [5, 5.41) is 0. The lowest BCUT2D eigenvalue weighted by atomic mass is 10.1. The number of carbonyl (C=O) groups is 1. The minimum atomic E-state index is -0.702. The molecule has 33 heavy (non-hydrogen) atoms. The van der Waals surface area contributed by atoms with Crippen molar-refractivity contribution in [3.8, 4) is 11.5 Å². The van der Waals surface area contributed by atoms with Crippen LogP contribution in [0.15, 0.2) is 64.2 Å². The highest BCUT2D eigenvalue weighted by atomic mass is 16.6. The van der Waals surface area contributed by atoms with Crippen LogP contribution in [0.2, 0.25) is 0 Å². The summed E-state index contributed by atoms with van der Waals surface area (Å²) in [5.41, 5.74) is 5.55. The molecule has 2 N–H and O–H groups in total. The Morgan fingerprint density at radius 3 is 2.48 bits per heavy atom. The molecule has 0 fully saturated rings. The summed E-state index contributed by atoms with van der Waals surface area (Å²) in [6.07, 6.45) is -0.273. The summed E-state index contributed by atoms with van der Waals surface area (Å²) in [6.45, 7) is 0.845. The van der Waals surface area contributed by atoms with Gasteiger partial charge in [0.25, 0.3) is 5.56 Å². The van der Waals surface area contributed by atoms with E-state index in [1.54, 1.807) is 11.9 Å². The van der Waals surface area contributed by atoms with Crippen molar-refractivity contribution >= 4 is 11.6 Å². The van der Waals surface area contributed by atoms with Gasteiger partial charge < -0.3 is 15.2 Å². The monoisotopic (exact) mass is 450 g/mol. The number of benzene rings is 2. The summed E-state index contributed by atoms with van der Waals surface area (Å²) in [4.78, 5) is 40.2. The average molecular weight is 450 g/mol. The maximum Gasteiger partial charge on any atom is 0.332 e. The van der Waals surface area contributed by atoms with Gasteiger partial charge in [-0.2, -0.15) is 0 Å². The molecule has 2 aromatic carbocycles. The fourth-order valence-electron chi connectivity index (χ4n) is 3.85. The summed E-state index contributed by atoms with van der Waals surface area (Å²) in [6, 6.07) is 16.6. The number of carbonyl (C=O) groups excluding carboxylic acids is 1. The van der Waals surface area contributed by atoms with Crippen LogP contribution in [0.4, 0.5) is 5.82 Å². The molecule has 9 nitrogen and oxygen atoms in total. The average Bonchev–Trinajstić information content (AvgIpc) is 2.81. The van der Waals surface area contributed by atoms with Crippen LogP contribution >= 0.6 is 0 Å². The van der Waals surface area contributed by atoms with E-state index in [4.69, 9.17) is 15.2 Å². The van der Waals surface area contributed by atoms with Crippen molar-refractivity contribution in [2.75, 3.05) is 32.5 Å². The minimum Gasteiger partial charge on any atom is -0.486 e. The number of nitrogens with zero attached hydrogens (tertiary/aromatic N) is 3. The Morgan fingerprint density at radius 2 is 1.76 bits per heavy atom. The Bertz CT molecular complexity index is 1280. The van der Waals surface area contributed by atoms with Gasteiger partial charge >= 0.3 is 5.69 Å². The number of hydrogen-bond acceptors (Lipinski definition) is 7. The predicted octanol–water partition coefficient (Wildman–Crippen LogP) is 1.13. The SMILES string of the molecule is CN(CC(=O)c1c(N)n(Cc2ccccc2)c(=O)n(C)c1=O)CC1COc2ccccc2O1. The van der Waals surface area contributed by atoms with Gasteiger partial charge in [0.05, 0.1) is 13.1 Å². The minimum absolute atomic E-state index is 0.0650. The Balaban J connectivity index is 1.52. The van der Waals surface area contributed by atoms with Crippen molar-refractivity contribution in [3.05, 3.63) is 86.6 Å².